The zero-order chi connectivity index (χ0) is 21.2. The highest BCUT2D eigenvalue weighted by molar-refractivity contribution is 5.88. The third kappa shape index (κ3) is 6.74. The molecule has 0 heterocycles. The number of hydrogen-bond acceptors (Lipinski definition) is 2. The van der Waals surface area contributed by atoms with E-state index in [4.69, 9.17) is 0 Å². The van der Waals surface area contributed by atoms with Gasteiger partial charge in [-0.3, -0.25) is 9.59 Å². The number of benzene rings is 2. The third-order valence-corrected chi connectivity index (χ3v) is 5.26. The van der Waals surface area contributed by atoms with Crippen LogP contribution < -0.4 is 5.32 Å². The van der Waals surface area contributed by atoms with Gasteiger partial charge in [-0.05, 0) is 43.4 Å². The van der Waals surface area contributed by atoms with Crippen LogP contribution >= 0.6 is 0 Å². The van der Waals surface area contributed by atoms with Crippen molar-refractivity contribution < 1.29 is 9.59 Å². The minimum absolute atomic E-state index is 0.0138. The van der Waals surface area contributed by atoms with Gasteiger partial charge in [0.15, 0.2) is 0 Å². The molecule has 0 aliphatic carbocycles. The van der Waals surface area contributed by atoms with Crippen molar-refractivity contribution in [2.45, 2.75) is 66.0 Å². The normalized spacial score (nSPS) is 11.7. The quantitative estimate of drug-likeness (QED) is 0.600. The summed E-state index contributed by atoms with van der Waals surface area (Å²) >= 11 is 0. The summed E-state index contributed by atoms with van der Waals surface area (Å²) in [7, 11) is 0. The van der Waals surface area contributed by atoms with Crippen molar-refractivity contribution in [1.82, 2.24) is 10.2 Å². The molecular weight excluding hydrogens is 360 g/mol. The first-order chi connectivity index (χ1) is 14.0. The van der Waals surface area contributed by atoms with Crippen molar-refractivity contribution in [1.29, 1.82) is 0 Å². The number of hydrogen-bond donors (Lipinski definition) is 1. The highest BCUT2D eigenvalue weighted by Crippen LogP contribution is 2.17. The first-order valence-corrected chi connectivity index (χ1v) is 10.6. The number of carbonyl (C=O) groups is 2. The predicted molar refractivity (Wildman–Crippen MR) is 119 cm³/mol. The topological polar surface area (TPSA) is 49.4 Å². The van der Waals surface area contributed by atoms with Crippen LogP contribution in [-0.2, 0) is 22.6 Å². The van der Waals surface area contributed by atoms with Crippen molar-refractivity contribution in [2.75, 3.05) is 6.54 Å². The van der Waals surface area contributed by atoms with E-state index in [9.17, 15) is 9.59 Å². The van der Waals surface area contributed by atoms with Crippen molar-refractivity contribution in [2.24, 2.45) is 0 Å². The first kappa shape index (κ1) is 22.7. The number of amides is 2. The molecule has 0 aliphatic rings. The second kappa shape index (κ2) is 11.4. The SMILES string of the molecule is CCCCNC(=O)C(CC)N(Cc1ccccc1)C(=O)Cc1cc(C)ccc1C. The summed E-state index contributed by atoms with van der Waals surface area (Å²) in [6, 6.07) is 15.6. The summed E-state index contributed by atoms with van der Waals surface area (Å²) in [6.07, 6.45) is 2.86. The maximum absolute atomic E-state index is 13.4. The second-order valence-electron chi connectivity index (χ2n) is 7.68. The van der Waals surface area contributed by atoms with E-state index in [-0.39, 0.29) is 11.8 Å². The van der Waals surface area contributed by atoms with Crippen LogP contribution in [0, 0.1) is 13.8 Å². The molecule has 4 heteroatoms. The van der Waals surface area contributed by atoms with Crippen LogP contribution in [0.2, 0.25) is 0 Å². The predicted octanol–water partition coefficient (Wildman–Crippen LogP) is 4.57. The third-order valence-electron chi connectivity index (χ3n) is 5.26. The minimum atomic E-state index is -0.468. The van der Waals surface area contributed by atoms with Crippen LogP contribution in [0.1, 0.15) is 55.4 Å². The Labute approximate surface area is 175 Å². The molecule has 0 saturated heterocycles. The van der Waals surface area contributed by atoms with Gasteiger partial charge in [0.2, 0.25) is 11.8 Å². The Morgan fingerprint density at radius 2 is 1.76 bits per heavy atom. The van der Waals surface area contributed by atoms with Crippen molar-refractivity contribution in [3.8, 4) is 0 Å². The molecule has 0 saturated carbocycles. The van der Waals surface area contributed by atoms with Crippen LogP contribution in [0.15, 0.2) is 48.5 Å². The molecule has 0 aromatic heterocycles. The summed E-state index contributed by atoms with van der Waals surface area (Å²) in [5, 5.41) is 3.01. The lowest BCUT2D eigenvalue weighted by Crippen LogP contribution is -2.49. The maximum atomic E-state index is 13.4. The van der Waals surface area contributed by atoms with E-state index >= 15 is 0 Å². The van der Waals surface area contributed by atoms with E-state index in [1.807, 2.05) is 57.2 Å². The van der Waals surface area contributed by atoms with Gasteiger partial charge in [0, 0.05) is 13.1 Å². The zero-order valence-corrected chi connectivity index (χ0v) is 18.2. The molecule has 0 fully saturated rings. The average Bonchev–Trinajstić information content (AvgIpc) is 2.71. The molecule has 29 heavy (non-hydrogen) atoms. The Morgan fingerprint density at radius 1 is 1.03 bits per heavy atom. The van der Waals surface area contributed by atoms with Gasteiger partial charge in [-0.2, -0.15) is 0 Å². The highest BCUT2D eigenvalue weighted by Gasteiger charge is 2.28. The van der Waals surface area contributed by atoms with Gasteiger partial charge < -0.3 is 10.2 Å². The molecule has 1 unspecified atom stereocenters. The fourth-order valence-corrected chi connectivity index (χ4v) is 3.46. The molecule has 0 bridgehead atoms. The van der Waals surface area contributed by atoms with E-state index < -0.39 is 6.04 Å². The van der Waals surface area contributed by atoms with Crippen molar-refractivity contribution in [3.63, 3.8) is 0 Å². The Hall–Kier alpha value is -2.62. The lowest BCUT2D eigenvalue weighted by atomic mass is 10.0. The van der Waals surface area contributed by atoms with Crippen LogP contribution in [0.25, 0.3) is 0 Å². The van der Waals surface area contributed by atoms with Gasteiger partial charge in [0.1, 0.15) is 6.04 Å². The van der Waals surface area contributed by atoms with E-state index in [1.54, 1.807) is 4.90 Å². The maximum Gasteiger partial charge on any atom is 0.242 e. The van der Waals surface area contributed by atoms with Crippen LogP contribution in [0.3, 0.4) is 0 Å². The fraction of sp³-hybridized carbons (Fsp3) is 0.440. The van der Waals surface area contributed by atoms with Gasteiger partial charge in [0.05, 0.1) is 6.42 Å². The van der Waals surface area contributed by atoms with Crippen molar-refractivity contribution in [3.05, 3.63) is 70.8 Å². The molecule has 1 N–H and O–H groups in total. The van der Waals surface area contributed by atoms with Gasteiger partial charge in [-0.1, -0.05) is 74.4 Å². The molecule has 0 spiro atoms. The summed E-state index contributed by atoms with van der Waals surface area (Å²) in [5.74, 6) is -0.0776. The molecule has 4 nitrogen and oxygen atoms in total. The number of aryl methyl sites for hydroxylation is 2. The van der Waals surface area contributed by atoms with Crippen LogP contribution in [0.4, 0.5) is 0 Å². The zero-order valence-electron chi connectivity index (χ0n) is 18.2. The molecule has 2 rings (SSSR count). The number of nitrogens with one attached hydrogen (secondary N) is 1. The van der Waals surface area contributed by atoms with Crippen molar-refractivity contribution >= 4 is 11.8 Å². The van der Waals surface area contributed by atoms with Crippen LogP contribution in [-0.4, -0.2) is 29.3 Å². The molecule has 2 aromatic carbocycles. The van der Waals surface area contributed by atoms with Gasteiger partial charge in [0.25, 0.3) is 0 Å². The summed E-state index contributed by atoms with van der Waals surface area (Å²) in [6.45, 7) is 9.20. The van der Waals surface area contributed by atoms with E-state index in [2.05, 4.69) is 24.4 Å². The van der Waals surface area contributed by atoms with E-state index in [1.165, 1.54) is 0 Å². The smallest absolute Gasteiger partial charge is 0.242 e. The summed E-state index contributed by atoms with van der Waals surface area (Å²) in [5.41, 5.74) is 4.29. The average molecular weight is 395 g/mol. The van der Waals surface area contributed by atoms with Crippen LogP contribution in [0.5, 0.6) is 0 Å². The highest BCUT2D eigenvalue weighted by atomic mass is 16.2. The summed E-state index contributed by atoms with van der Waals surface area (Å²) < 4.78 is 0. The molecule has 156 valence electrons. The number of rotatable bonds is 10. The largest absolute Gasteiger partial charge is 0.354 e. The first-order valence-electron chi connectivity index (χ1n) is 10.6. The number of unbranched alkanes of at least 4 members (excludes halogenated alkanes) is 1. The molecule has 2 aromatic rings. The second-order valence-corrected chi connectivity index (χ2v) is 7.68. The molecular formula is C25H34N2O2. The number of carbonyl (C=O) groups excluding carboxylic acids is 2. The van der Waals surface area contributed by atoms with E-state index in [0.717, 1.165) is 35.1 Å². The van der Waals surface area contributed by atoms with Gasteiger partial charge in [-0.15, -0.1) is 0 Å². The fourth-order valence-electron chi connectivity index (χ4n) is 3.46. The van der Waals surface area contributed by atoms with E-state index in [0.29, 0.717) is 25.9 Å². The molecule has 0 aliphatic heterocycles. The van der Waals surface area contributed by atoms with Gasteiger partial charge >= 0.3 is 0 Å². The minimum Gasteiger partial charge on any atom is -0.354 e. The molecule has 1 atom stereocenters. The Morgan fingerprint density at radius 3 is 2.41 bits per heavy atom. The molecule has 0 radical (unpaired) electrons. The van der Waals surface area contributed by atoms with Gasteiger partial charge in [-0.25, -0.2) is 0 Å². The monoisotopic (exact) mass is 394 g/mol. The lowest BCUT2D eigenvalue weighted by Gasteiger charge is -2.31. The number of nitrogens with zero attached hydrogens (tertiary/aromatic N) is 1. The lowest BCUT2D eigenvalue weighted by molar-refractivity contribution is -0.140. The Kier molecular flexibility index (Phi) is 8.91. The Bertz CT molecular complexity index is 802. The molecule has 2 amide bonds. The Balaban J connectivity index is 2.26. The summed E-state index contributed by atoms with van der Waals surface area (Å²) in [4.78, 5) is 28.0. The standard InChI is InChI=1S/C25H34N2O2/c1-5-7-15-26-25(29)23(6-2)27(18-21-11-9-8-10-12-21)24(28)17-22-16-19(3)13-14-20(22)4/h8-14,16,23H,5-7,15,17-18H2,1-4H3,(H,26,29).